The van der Waals surface area contributed by atoms with E-state index in [0.717, 1.165) is 71.3 Å². The van der Waals surface area contributed by atoms with E-state index in [1.807, 2.05) is 0 Å². The number of hydrogen-bond donors (Lipinski definition) is 1. The Balaban J connectivity index is 1.20. The summed E-state index contributed by atoms with van der Waals surface area (Å²) in [5.41, 5.74) is 7.72. The lowest BCUT2D eigenvalue weighted by Crippen LogP contribution is -2.72. The first-order valence-electron chi connectivity index (χ1n) is 10.7. The van der Waals surface area contributed by atoms with Crippen molar-refractivity contribution in [2.45, 2.75) is 13.0 Å². The molecule has 9 heteroatoms. The molecule has 3 aliphatic rings. The minimum Gasteiger partial charge on any atom is -0.433 e. The van der Waals surface area contributed by atoms with Crippen LogP contribution in [-0.2, 0) is 4.74 Å². The van der Waals surface area contributed by atoms with Gasteiger partial charge in [0.15, 0.2) is 0 Å². The number of benzene rings is 1. The lowest BCUT2D eigenvalue weighted by molar-refractivity contribution is -0.158. The standard InChI is InChI=1S/C22H31F2N5O2/c1-21(23,24)31-20-4-2-18(3-5-20)26-13-19(12-25)29-16-22(17-29)14-28(15-22)7-6-27-8-10-30-11-9-27/h2-5,12-13H,6-11,14-17,25H2,1H3/b19-12+,26-13?. The molecule has 3 heterocycles. The number of morpholine rings is 1. The topological polar surface area (TPSA) is 66.6 Å². The van der Waals surface area contributed by atoms with E-state index in [-0.39, 0.29) is 5.75 Å². The third-order valence-electron chi connectivity index (χ3n) is 6.02. The lowest BCUT2D eigenvalue weighted by Gasteiger charge is -2.61. The van der Waals surface area contributed by atoms with Crippen molar-refractivity contribution in [2.75, 3.05) is 65.6 Å². The van der Waals surface area contributed by atoms with Crippen molar-refractivity contribution in [3.05, 3.63) is 36.2 Å². The number of nitrogens with zero attached hydrogens (tertiary/aromatic N) is 4. The fourth-order valence-corrected chi connectivity index (χ4v) is 4.49. The van der Waals surface area contributed by atoms with Crippen LogP contribution in [0.15, 0.2) is 41.2 Å². The average Bonchev–Trinajstić information content (AvgIpc) is 2.68. The maximum absolute atomic E-state index is 12.9. The Morgan fingerprint density at radius 3 is 2.39 bits per heavy atom. The second-order valence-electron chi connectivity index (χ2n) is 8.77. The number of ether oxygens (including phenoxy) is 2. The van der Waals surface area contributed by atoms with Crippen LogP contribution in [0.2, 0.25) is 0 Å². The molecule has 0 aromatic heterocycles. The number of likely N-dealkylation sites (tertiary alicyclic amines) is 2. The number of allylic oxidation sites excluding steroid dienone is 1. The molecule has 0 radical (unpaired) electrons. The van der Waals surface area contributed by atoms with Crippen LogP contribution < -0.4 is 10.5 Å². The summed E-state index contributed by atoms with van der Waals surface area (Å²) in [6.07, 6.45) is 0.0969. The second-order valence-corrected chi connectivity index (χ2v) is 8.77. The van der Waals surface area contributed by atoms with E-state index in [0.29, 0.717) is 18.0 Å². The van der Waals surface area contributed by atoms with Gasteiger partial charge in [-0.05, 0) is 24.3 Å². The molecule has 3 saturated heterocycles. The van der Waals surface area contributed by atoms with E-state index in [4.69, 9.17) is 10.5 Å². The third kappa shape index (κ3) is 5.72. The number of hydrogen-bond acceptors (Lipinski definition) is 7. The number of aliphatic imine (C=N–C) groups is 1. The molecule has 3 fully saturated rings. The Kier molecular flexibility index (Phi) is 6.45. The summed E-state index contributed by atoms with van der Waals surface area (Å²) in [6, 6.07) is 6.24. The maximum Gasteiger partial charge on any atom is 0.394 e. The van der Waals surface area contributed by atoms with Gasteiger partial charge in [0, 0.05) is 70.9 Å². The predicted octanol–water partition coefficient (Wildman–Crippen LogP) is 2.13. The number of nitrogens with two attached hydrogens (primary N) is 1. The highest BCUT2D eigenvalue weighted by atomic mass is 19.3. The summed E-state index contributed by atoms with van der Waals surface area (Å²) in [6.45, 7) is 10.9. The molecule has 0 unspecified atom stereocenters. The zero-order chi connectivity index (χ0) is 21.9. The first-order chi connectivity index (χ1) is 14.8. The van der Waals surface area contributed by atoms with Crippen LogP contribution in [0.5, 0.6) is 5.75 Å². The summed E-state index contributed by atoms with van der Waals surface area (Å²) in [5.74, 6) is 0.105. The van der Waals surface area contributed by atoms with Crippen LogP contribution in [0.4, 0.5) is 14.5 Å². The van der Waals surface area contributed by atoms with E-state index < -0.39 is 6.11 Å². The molecule has 7 nitrogen and oxygen atoms in total. The van der Waals surface area contributed by atoms with Crippen molar-refractivity contribution >= 4 is 11.9 Å². The summed E-state index contributed by atoms with van der Waals surface area (Å²) in [5, 5.41) is 0. The van der Waals surface area contributed by atoms with Gasteiger partial charge >= 0.3 is 6.11 Å². The van der Waals surface area contributed by atoms with Crippen molar-refractivity contribution in [3.8, 4) is 5.75 Å². The number of alkyl halides is 2. The molecule has 0 atom stereocenters. The second kappa shape index (κ2) is 9.10. The molecule has 0 saturated carbocycles. The highest BCUT2D eigenvalue weighted by Crippen LogP contribution is 2.40. The van der Waals surface area contributed by atoms with Gasteiger partial charge in [-0.15, -0.1) is 0 Å². The summed E-state index contributed by atoms with van der Waals surface area (Å²) in [7, 11) is 0. The van der Waals surface area contributed by atoms with Gasteiger partial charge in [0.1, 0.15) is 5.75 Å². The Labute approximate surface area is 182 Å². The van der Waals surface area contributed by atoms with Gasteiger partial charge in [-0.2, -0.15) is 8.78 Å². The lowest BCUT2D eigenvalue weighted by atomic mass is 9.72. The first kappa shape index (κ1) is 22.0. The molecule has 31 heavy (non-hydrogen) atoms. The molecular formula is C22H31F2N5O2. The number of halogens is 2. The largest absolute Gasteiger partial charge is 0.433 e. The Morgan fingerprint density at radius 1 is 1.13 bits per heavy atom. The highest BCUT2D eigenvalue weighted by Gasteiger charge is 2.51. The van der Waals surface area contributed by atoms with Gasteiger partial charge in [-0.1, -0.05) is 0 Å². The van der Waals surface area contributed by atoms with Crippen LogP contribution in [0.3, 0.4) is 0 Å². The molecule has 0 aliphatic carbocycles. The van der Waals surface area contributed by atoms with E-state index in [9.17, 15) is 8.78 Å². The predicted molar refractivity (Wildman–Crippen MR) is 116 cm³/mol. The van der Waals surface area contributed by atoms with Crippen LogP contribution in [-0.4, -0.2) is 92.6 Å². The van der Waals surface area contributed by atoms with Crippen molar-refractivity contribution in [1.29, 1.82) is 0 Å². The fraction of sp³-hybridized carbons (Fsp3) is 0.591. The van der Waals surface area contributed by atoms with Crippen molar-refractivity contribution < 1.29 is 18.3 Å². The average molecular weight is 436 g/mol. The fourth-order valence-electron chi connectivity index (χ4n) is 4.49. The zero-order valence-electron chi connectivity index (χ0n) is 18.0. The van der Waals surface area contributed by atoms with Crippen LogP contribution in [0, 0.1) is 5.41 Å². The van der Waals surface area contributed by atoms with Gasteiger partial charge in [0.25, 0.3) is 0 Å². The van der Waals surface area contributed by atoms with Gasteiger partial charge < -0.3 is 25.0 Å². The van der Waals surface area contributed by atoms with Crippen LogP contribution in [0.1, 0.15) is 6.92 Å². The molecule has 1 spiro atoms. The van der Waals surface area contributed by atoms with Gasteiger partial charge in [-0.3, -0.25) is 9.89 Å². The van der Waals surface area contributed by atoms with Crippen molar-refractivity contribution in [2.24, 2.45) is 16.1 Å². The SMILES string of the molecule is CC(F)(F)Oc1ccc(N=C/C(=C\N)N2CC3(CN(CCN4CCOCC4)C3)C2)cc1. The number of rotatable bonds is 8. The molecular weight excluding hydrogens is 404 g/mol. The van der Waals surface area contributed by atoms with E-state index in [1.165, 1.54) is 12.1 Å². The van der Waals surface area contributed by atoms with Crippen LogP contribution >= 0.6 is 0 Å². The van der Waals surface area contributed by atoms with E-state index in [1.54, 1.807) is 24.5 Å². The molecule has 3 aliphatic heterocycles. The Morgan fingerprint density at radius 2 is 1.77 bits per heavy atom. The molecule has 4 rings (SSSR count). The normalized spacial score (nSPS) is 22.5. The summed E-state index contributed by atoms with van der Waals surface area (Å²) < 4.78 is 35.7. The summed E-state index contributed by atoms with van der Waals surface area (Å²) >= 11 is 0. The quantitative estimate of drug-likeness (QED) is 0.631. The van der Waals surface area contributed by atoms with E-state index in [2.05, 4.69) is 24.4 Å². The maximum atomic E-state index is 12.9. The van der Waals surface area contributed by atoms with Gasteiger partial charge in [0.2, 0.25) is 0 Å². The Bertz CT molecular complexity index is 789. The zero-order valence-corrected chi connectivity index (χ0v) is 18.0. The van der Waals surface area contributed by atoms with Gasteiger partial charge in [-0.25, -0.2) is 0 Å². The summed E-state index contributed by atoms with van der Waals surface area (Å²) in [4.78, 5) is 11.7. The minimum atomic E-state index is -3.20. The monoisotopic (exact) mass is 435 g/mol. The Hall–Kier alpha value is -2.23. The van der Waals surface area contributed by atoms with Crippen LogP contribution in [0.25, 0.3) is 0 Å². The molecule has 2 N–H and O–H groups in total. The third-order valence-corrected chi connectivity index (χ3v) is 6.02. The first-order valence-corrected chi connectivity index (χ1v) is 10.7. The van der Waals surface area contributed by atoms with E-state index >= 15 is 0 Å². The molecule has 1 aromatic rings. The molecule has 0 amide bonds. The molecule has 0 bridgehead atoms. The highest BCUT2D eigenvalue weighted by molar-refractivity contribution is 5.80. The molecule has 170 valence electrons. The minimum absolute atomic E-state index is 0.105. The van der Waals surface area contributed by atoms with Crippen molar-refractivity contribution in [1.82, 2.24) is 14.7 Å². The van der Waals surface area contributed by atoms with Crippen molar-refractivity contribution in [3.63, 3.8) is 0 Å². The van der Waals surface area contributed by atoms with Gasteiger partial charge in [0.05, 0.1) is 30.8 Å². The smallest absolute Gasteiger partial charge is 0.394 e. The molecule has 1 aromatic carbocycles.